The van der Waals surface area contributed by atoms with Crippen LogP contribution in [0.1, 0.15) is 32.6 Å². The molecule has 0 saturated heterocycles. The molecule has 4 rings (SSSR count). The SMILES string of the molecule is CC1C2CC2CC12CC1CC12. The van der Waals surface area contributed by atoms with Crippen LogP contribution in [0.5, 0.6) is 0 Å². The summed E-state index contributed by atoms with van der Waals surface area (Å²) in [5.74, 6) is 5.96. The Labute approximate surface area is 68.4 Å². The molecule has 11 heavy (non-hydrogen) atoms. The summed E-state index contributed by atoms with van der Waals surface area (Å²) < 4.78 is 0. The van der Waals surface area contributed by atoms with E-state index in [-0.39, 0.29) is 0 Å². The van der Waals surface area contributed by atoms with Crippen molar-refractivity contribution in [3.05, 3.63) is 0 Å². The molecule has 6 atom stereocenters. The highest BCUT2D eigenvalue weighted by atomic mass is 14.8. The van der Waals surface area contributed by atoms with Gasteiger partial charge in [-0.15, -0.1) is 0 Å². The predicted octanol–water partition coefficient (Wildman–Crippen LogP) is 2.69. The first kappa shape index (κ1) is 5.61. The first-order chi connectivity index (χ1) is 5.31. The van der Waals surface area contributed by atoms with Gasteiger partial charge in [-0.3, -0.25) is 0 Å². The standard InChI is InChI=1S/C11H16/c1-6-9-2-7(9)4-11(6)5-8-3-10(8)11/h6-10H,2-5H2,1H3. The van der Waals surface area contributed by atoms with Crippen LogP contribution in [0.15, 0.2) is 0 Å². The molecule has 0 nitrogen and oxygen atoms in total. The van der Waals surface area contributed by atoms with E-state index < -0.39 is 0 Å². The van der Waals surface area contributed by atoms with E-state index in [2.05, 4.69) is 6.92 Å². The monoisotopic (exact) mass is 148 g/mol. The lowest BCUT2D eigenvalue weighted by Crippen LogP contribution is -2.37. The van der Waals surface area contributed by atoms with Crippen molar-refractivity contribution in [3.8, 4) is 0 Å². The quantitative estimate of drug-likeness (QED) is 0.495. The summed E-state index contributed by atoms with van der Waals surface area (Å²) in [7, 11) is 0. The Morgan fingerprint density at radius 2 is 1.91 bits per heavy atom. The average molecular weight is 148 g/mol. The summed E-state index contributed by atoms with van der Waals surface area (Å²) >= 11 is 0. The van der Waals surface area contributed by atoms with Crippen LogP contribution >= 0.6 is 0 Å². The van der Waals surface area contributed by atoms with Gasteiger partial charge in [0.1, 0.15) is 0 Å². The van der Waals surface area contributed by atoms with Crippen LogP contribution in [0, 0.1) is 35.0 Å². The maximum atomic E-state index is 2.55. The second-order valence-corrected chi connectivity index (χ2v) is 5.69. The van der Waals surface area contributed by atoms with Gasteiger partial charge in [-0.25, -0.2) is 0 Å². The van der Waals surface area contributed by atoms with Crippen molar-refractivity contribution in [3.63, 3.8) is 0 Å². The smallest absolute Gasteiger partial charge is 0.0233 e. The zero-order valence-corrected chi connectivity index (χ0v) is 7.22. The molecule has 0 amide bonds. The molecule has 1 spiro atoms. The third kappa shape index (κ3) is 0.443. The Kier molecular flexibility index (Phi) is 0.661. The van der Waals surface area contributed by atoms with Gasteiger partial charge in [0.25, 0.3) is 0 Å². The van der Waals surface area contributed by atoms with E-state index in [0.29, 0.717) is 0 Å². The van der Waals surface area contributed by atoms with Crippen LogP contribution in [0.3, 0.4) is 0 Å². The van der Waals surface area contributed by atoms with Crippen molar-refractivity contribution in [2.45, 2.75) is 32.6 Å². The fraction of sp³-hybridized carbons (Fsp3) is 1.00. The van der Waals surface area contributed by atoms with Crippen LogP contribution in [0.2, 0.25) is 0 Å². The molecule has 0 N–H and O–H groups in total. The van der Waals surface area contributed by atoms with E-state index in [0.717, 1.165) is 11.3 Å². The minimum atomic E-state index is 0.929. The topological polar surface area (TPSA) is 0 Å². The van der Waals surface area contributed by atoms with Gasteiger partial charge in [0.15, 0.2) is 0 Å². The van der Waals surface area contributed by atoms with E-state index in [4.69, 9.17) is 0 Å². The molecule has 0 aromatic rings. The summed E-state index contributed by atoms with van der Waals surface area (Å²) in [6, 6.07) is 0. The molecule has 4 aliphatic rings. The minimum Gasteiger partial charge on any atom is -0.0617 e. The first-order valence-corrected chi connectivity index (χ1v) is 5.31. The highest BCUT2D eigenvalue weighted by molar-refractivity contribution is 5.21. The fourth-order valence-corrected chi connectivity index (χ4v) is 4.63. The second kappa shape index (κ2) is 1.30. The molecule has 0 aromatic heterocycles. The lowest BCUT2D eigenvalue weighted by atomic mass is 9.61. The molecule has 60 valence electrons. The molecule has 4 fully saturated rings. The molecule has 0 bridgehead atoms. The summed E-state index contributed by atoms with van der Waals surface area (Å²) in [6.45, 7) is 2.55. The molecule has 0 aliphatic heterocycles. The van der Waals surface area contributed by atoms with Crippen LogP contribution in [-0.4, -0.2) is 0 Å². The zero-order valence-electron chi connectivity index (χ0n) is 7.22. The molecule has 0 radical (unpaired) electrons. The first-order valence-electron chi connectivity index (χ1n) is 5.31. The molecule has 0 heteroatoms. The highest BCUT2D eigenvalue weighted by Gasteiger charge is 2.72. The van der Waals surface area contributed by atoms with Crippen molar-refractivity contribution in [2.75, 3.05) is 0 Å². The summed E-state index contributed by atoms with van der Waals surface area (Å²) in [4.78, 5) is 0. The van der Waals surface area contributed by atoms with E-state index in [9.17, 15) is 0 Å². The minimum absolute atomic E-state index is 0.929. The Hall–Kier alpha value is 0. The number of rotatable bonds is 0. The normalized spacial score (nSPS) is 75.5. The van der Waals surface area contributed by atoms with Gasteiger partial charge in [-0.1, -0.05) is 6.92 Å². The van der Waals surface area contributed by atoms with Gasteiger partial charge in [-0.2, -0.15) is 0 Å². The van der Waals surface area contributed by atoms with E-state index in [1.54, 1.807) is 25.7 Å². The van der Waals surface area contributed by atoms with Gasteiger partial charge in [0, 0.05) is 0 Å². The average Bonchev–Trinajstić information content (AvgIpc) is 2.79. The highest BCUT2D eigenvalue weighted by Crippen LogP contribution is 2.80. The Morgan fingerprint density at radius 3 is 2.36 bits per heavy atom. The molecular weight excluding hydrogens is 132 g/mol. The molecular formula is C11H16. The van der Waals surface area contributed by atoms with Crippen molar-refractivity contribution < 1.29 is 0 Å². The maximum Gasteiger partial charge on any atom is -0.0233 e. The van der Waals surface area contributed by atoms with Gasteiger partial charge in [0.05, 0.1) is 0 Å². The largest absolute Gasteiger partial charge is 0.0617 e. The van der Waals surface area contributed by atoms with Crippen LogP contribution in [0.4, 0.5) is 0 Å². The van der Waals surface area contributed by atoms with Crippen LogP contribution in [-0.2, 0) is 0 Å². The number of hydrogen-bond acceptors (Lipinski definition) is 0. The van der Waals surface area contributed by atoms with Crippen LogP contribution in [0.25, 0.3) is 0 Å². The Balaban J connectivity index is 1.73. The van der Waals surface area contributed by atoms with Crippen molar-refractivity contribution in [2.24, 2.45) is 35.0 Å². The van der Waals surface area contributed by atoms with Crippen molar-refractivity contribution in [1.82, 2.24) is 0 Å². The molecule has 6 unspecified atom stereocenters. The lowest BCUT2D eigenvalue weighted by molar-refractivity contribution is 0.0478. The van der Waals surface area contributed by atoms with Crippen molar-refractivity contribution in [1.29, 1.82) is 0 Å². The van der Waals surface area contributed by atoms with E-state index >= 15 is 0 Å². The molecule has 4 saturated carbocycles. The van der Waals surface area contributed by atoms with Gasteiger partial charge in [0.2, 0.25) is 0 Å². The molecule has 0 aromatic carbocycles. The zero-order chi connectivity index (χ0) is 7.22. The third-order valence-electron chi connectivity index (χ3n) is 5.47. The summed E-state index contributed by atoms with van der Waals surface area (Å²) in [6.07, 6.45) is 6.48. The molecule has 4 aliphatic carbocycles. The summed E-state index contributed by atoms with van der Waals surface area (Å²) in [5, 5.41) is 0. The number of hydrogen-bond donors (Lipinski definition) is 0. The van der Waals surface area contributed by atoms with Crippen LogP contribution < -0.4 is 0 Å². The van der Waals surface area contributed by atoms with Gasteiger partial charge >= 0.3 is 0 Å². The van der Waals surface area contributed by atoms with Crippen molar-refractivity contribution >= 4 is 0 Å². The third-order valence-corrected chi connectivity index (χ3v) is 5.47. The Bertz CT molecular complexity index is 232. The maximum absolute atomic E-state index is 2.55. The van der Waals surface area contributed by atoms with Gasteiger partial charge < -0.3 is 0 Å². The number of fused-ring (bicyclic) bond motifs is 3. The Morgan fingerprint density at radius 1 is 1.09 bits per heavy atom. The fourth-order valence-electron chi connectivity index (χ4n) is 4.63. The molecule has 0 heterocycles. The van der Waals surface area contributed by atoms with E-state index in [1.165, 1.54) is 23.7 Å². The lowest BCUT2D eigenvalue weighted by Gasteiger charge is -2.44. The van der Waals surface area contributed by atoms with E-state index in [1.807, 2.05) is 0 Å². The predicted molar refractivity (Wildman–Crippen MR) is 44.0 cm³/mol. The van der Waals surface area contributed by atoms with Gasteiger partial charge in [-0.05, 0) is 60.7 Å². The summed E-state index contributed by atoms with van der Waals surface area (Å²) in [5.41, 5.74) is 0.929. The second-order valence-electron chi connectivity index (χ2n) is 5.69.